The van der Waals surface area contributed by atoms with Gasteiger partial charge in [-0.05, 0) is 24.0 Å². The van der Waals surface area contributed by atoms with Gasteiger partial charge in [0.05, 0.1) is 6.54 Å². The molecule has 3 aromatic rings. The van der Waals surface area contributed by atoms with Gasteiger partial charge in [0.25, 0.3) is 0 Å². The second-order valence-corrected chi connectivity index (χ2v) is 9.34. The van der Waals surface area contributed by atoms with Crippen LogP contribution in [0.15, 0.2) is 59.1 Å². The number of amides is 2. The molecule has 0 aliphatic rings. The van der Waals surface area contributed by atoms with Crippen LogP contribution in [0.2, 0.25) is 0 Å². The molecule has 0 fully saturated rings. The minimum Gasteiger partial charge on any atom is -0.465 e. The summed E-state index contributed by atoms with van der Waals surface area (Å²) in [7, 11) is 0. The first-order valence-electron chi connectivity index (χ1n) is 13.3. The van der Waals surface area contributed by atoms with Gasteiger partial charge < -0.3 is 20.3 Å². The second-order valence-electron chi connectivity index (χ2n) is 9.34. The average Bonchev–Trinajstić information content (AvgIpc) is 3.38. The SMILES string of the molecule is CCCCCCCCCCc1ccc(-c2noc(CNC(=O)[C@H](Cc3ccccc3)NC(=O)O)n2)cc1. The smallest absolute Gasteiger partial charge is 0.405 e. The Hall–Kier alpha value is -3.68. The molecular weight excluding hydrogens is 468 g/mol. The molecule has 1 aromatic heterocycles. The molecule has 2 amide bonds. The summed E-state index contributed by atoms with van der Waals surface area (Å²) in [6.45, 7) is 2.25. The molecule has 0 unspecified atom stereocenters. The van der Waals surface area contributed by atoms with Crippen molar-refractivity contribution in [3.63, 3.8) is 0 Å². The number of carboxylic acid groups (broad SMARTS) is 1. The van der Waals surface area contributed by atoms with E-state index in [1.807, 2.05) is 42.5 Å². The summed E-state index contributed by atoms with van der Waals surface area (Å²) in [6.07, 6.45) is 10.5. The van der Waals surface area contributed by atoms with E-state index >= 15 is 0 Å². The number of rotatable bonds is 16. The first kappa shape index (κ1) is 27.9. The van der Waals surface area contributed by atoms with E-state index in [2.05, 4.69) is 39.8 Å². The van der Waals surface area contributed by atoms with Crippen molar-refractivity contribution in [3.05, 3.63) is 71.6 Å². The third-order valence-electron chi connectivity index (χ3n) is 6.31. The van der Waals surface area contributed by atoms with Crippen molar-refractivity contribution in [2.75, 3.05) is 0 Å². The lowest BCUT2D eigenvalue weighted by Crippen LogP contribution is -2.47. The molecule has 3 N–H and O–H groups in total. The van der Waals surface area contributed by atoms with Crippen LogP contribution in [0.1, 0.15) is 75.3 Å². The largest absolute Gasteiger partial charge is 0.465 e. The normalized spacial score (nSPS) is 11.7. The van der Waals surface area contributed by atoms with Crippen molar-refractivity contribution >= 4 is 12.0 Å². The number of nitrogens with one attached hydrogen (secondary N) is 2. The van der Waals surface area contributed by atoms with Crippen molar-refractivity contribution < 1.29 is 19.2 Å². The molecule has 2 aromatic carbocycles. The summed E-state index contributed by atoms with van der Waals surface area (Å²) < 4.78 is 5.29. The highest BCUT2D eigenvalue weighted by atomic mass is 16.5. The molecule has 1 heterocycles. The highest BCUT2D eigenvalue weighted by Gasteiger charge is 2.21. The molecule has 0 aliphatic heterocycles. The Balaban J connectivity index is 1.44. The summed E-state index contributed by atoms with van der Waals surface area (Å²) in [6, 6.07) is 16.5. The number of nitrogens with zero attached hydrogens (tertiary/aromatic N) is 2. The van der Waals surface area contributed by atoms with Crippen molar-refractivity contribution in [1.82, 2.24) is 20.8 Å². The van der Waals surface area contributed by atoms with E-state index < -0.39 is 18.0 Å². The molecule has 3 rings (SSSR count). The minimum absolute atomic E-state index is 0.00888. The van der Waals surface area contributed by atoms with Crippen molar-refractivity contribution in [2.45, 2.75) is 83.7 Å². The van der Waals surface area contributed by atoms with Crippen LogP contribution in [0.5, 0.6) is 0 Å². The highest BCUT2D eigenvalue weighted by Crippen LogP contribution is 2.18. The highest BCUT2D eigenvalue weighted by molar-refractivity contribution is 5.85. The number of unbranched alkanes of at least 4 members (excludes halogenated alkanes) is 7. The van der Waals surface area contributed by atoms with Gasteiger partial charge in [-0.3, -0.25) is 4.79 Å². The predicted octanol–water partition coefficient (Wildman–Crippen LogP) is 5.91. The van der Waals surface area contributed by atoms with E-state index in [0.717, 1.165) is 17.5 Å². The van der Waals surface area contributed by atoms with Gasteiger partial charge in [-0.15, -0.1) is 0 Å². The van der Waals surface area contributed by atoms with Crippen molar-refractivity contribution in [3.8, 4) is 11.4 Å². The Labute approximate surface area is 218 Å². The Morgan fingerprint density at radius 3 is 2.24 bits per heavy atom. The Bertz CT molecular complexity index is 1080. The van der Waals surface area contributed by atoms with Crippen LogP contribution in [0.4, 0.5) is 4.79 Å². The Morgan fingerprint density at radius 1 is 0.892 bits per heavy atom. The average molecular weight is 507 g/mol. The van der Waals surface area contributed by atoms with E-state index in [-0.39, 0.29) is 18.9 Å². The van der Waals surface area contributed by atoms with Gasteiger partial charge in [0.1, 0.15) is 6.04 Å². The second kappa shape index (κ2) is 15.4. The first-order chi connectivity index (χ1) is 18.0. The fourth-order valence-corrected chi connectivity index (χ4v) is 4.22. The number of hydrogen-bond donors (Lipinski definition) is 3. The number of hydrogen-bond acceptors (Lipinski definition) is 5. The molecule has 0 radical (unpaired) electrons. The van der Waals surface area contributed by atoms with Gasteiger partial charge in [0, 0.05) is 12.0 Å². The van der Waals surface area contributed by atoms with E-state index in [1.54, 1.807) is 0 Å². The van der Waals surface area contributed by atoms with Crippen LogP contribution < -0.4 is 10.6 Å². The topological polar surface area (TPSA) is 117 Å². The maximum absolute atomic E-state index is 12.6. The number of carbonyl (C=O) groups excluding carboxylic acids is 1. The number of aryl methyl sites for hydroxylation is 1. The molecular formula is C29H38N4O4. The van der Waals surface area contributed by atoms with Gasteiger partial charge in [0.2, 0.25) is 17.6 Å². The van der Waals surface area contributed by atoms with E-state index in [4.69, 9.17) is 9.63 Å². The van der Waals surface area contributed by atoms with E-state index in [1.165, 1.54) is 56.9 Å². The standard InChI is InChI=1S/C29H38N4O4/c1-2-3-4-5-6-7-8-10-13-22-16-18-24(19-17-22)27-32-26(37-33-27)21-30-28(34)25(31-29(35)36)20-23-14-11-9-12-15-23/h9,11-12,14-19,25,31H,2-8,10,13,20-21H2,1H3,(H,30,34)(H,35,36)/t25-/m0/s1. The zero-order valence-corrected chi connectivity index (χ0v) is 21.6. The van der Waals surface area contributed by atoms with E-state index in [9.17, 15) is 9.59 Å². The summed E-state index contributed by atoms with van der Waals surface area (Å²) >= 11 is 0. The lowest BCUT2D eigenvalue weighted by Gasteiger charge is -2.16. The quantitative estimate of drug-likeness (QED) is 0.208. The summed E-state index contributed by atoms with van der Waals surface area (Å²) in [5, 5.41) is 18.1. The van der Waals surface area contributed by atoms with Crippen LogP contribution in [-0.4, -0.2) is 33.3 Å². The molecule has 0 spiro atoms. The van der Waals surface area contributed by atoms with Crippen LogP contribution in [0, 0.1) is 0 Å². The molecule has 37 heavy (non-hydrogen) atoms. The number of carbonyl (C=O) groups is 2. The van der Waals surface area contributed by atoms with E-state index in [0.29, 0.717) is 5.82 Å². The fraction of sp³-hybridized carbons (Fsp3) is 0.448. The minimum atomic E-state index is -1.26. The first-order valence-corrected chi connectivity index (χ1v) is 13.3. The predicted molar refractivity (Wildman–Crippen MR) is 143 cm³/mol. The monoisotopic (exact) mass is 506 g/mol. The Kier molecular flexibility index (Phi) is 11.6. The third-order valence-corrected chi connectivity index (χ3v) is 6.31. The van der Waals surface area contributed by atoms with Gasteiger partial charge in [-0.2, -0.15) is 4.98 Å². The number of benzene rings is 2. The van der Waals surface area contributed by atoms with Gasteiger partial charge in [-0.1, -0.05) is 112 Å². The van der Waals surface area contributed by atoms with Crippen LogP contribution >= 0.6 is 0 Å². The lowest BCUT2D eigenvalue weighted by molar-refractivity contribution is -0.123. The van der Waals surface area contributed by atoms with Crippen LogP contribution in [0.3, 0.4) is 0 Å². The molecule has 0 saturated heterocycles. The zero-order valence-electron chi connectivity index (χ0n) is 21.6. The lowest BCUT2D eigenvalue weighted by atomic mass is 10.0. The molecule has 0 bridgehead atoms. The molecule has 1 atom stereocenters. The summed E-state index contributed by atoms with van der Waals surface area (Å²) in [5.41, 5.74) is 2.99. The van der Waals surface area contributed by atoms with Gasteiger partial charge in [0.15, 0.2) is 0 Å². The van der Waals surface area contributed by atoms with Crippen LogP contribution in [0.25, 0.3) is 11.4 Å². The van der Waals surface area contributed by atoms with Crippen molar-refractivity contribution in [2.24, 2.45) is 0 Å². The fourth-order valence-electron chi connectivity index (χ4n) is 4.22. The molecule has 8 heteroatoms. The van der Waals surface area contributed by atoms with Crippen LogP contribution in [-0.2, 0) is 24.2 Å². The van der Waals surface area contributed by atoms with Gasteiger partial charge >= 0.3 is 6.09 Å². The molecule has 0 saturated carbocycles. The maximum atomic E-state index is 12.6. The molecule has 198 valence electrons. The van der Waals surface area contributed by atoms with Crippen molar-refractivity contribution in [1.29, 1.82) is 0 Å². The number of aromatic nitrogens is 2. The zero-order chi connectivity index (χ0) is 26.3. The summed E-state index contributed by atoms with van der Waals surface area (Å²) in [5.74, 6) is 0.240. The van der Waals surface area contributed by atoms with Gasteiger partial charge in [-0.25, -0.2) is 4.79 Å². The maximum Gasteiger partial charge on any atom is 0.405 e. The summed E-state index contributed by atoms with van der Waals surface area (Å²) in [4.78, 5) is 28.2. The third kappa shape index (κ3) is 10.1. The molecule has 8 nitrogen and oxygen atoms in total. The molecule has 0 aliphatic carbocycles. The Morgan fingerprint density at radius 2 is 1.57 bits per heavy atom.